The zero-order chi connectivity index (χ0) is 11.8. The molecule has 3 heteroatoms. The van der Waals surface area contributed by atoms with Crippen LogP contribution >= 0.6 is 0 Å². The molecule has 16 heavy (non-hydrogen) atoms. The highest BCUT2D eigenvalue weighted by Crippen LogP contribution is 2.07. The minimum absolute atomic E-state index is 0.218. The molecule has 0 saturated carbocycles. The molecule has 0 amide bonds. The van der Waals surface area contributed by atoms with Crippen molar-refractivity contribution in [2.75, 3.05) is 19.7 Å². The van der Waals surface area contributed by atoms with Gasteiger partial charge in [0.2, 0.25) is 0 Å². The standard InChI is InChI=1S/C13H22N2O/c1-3-4-8-15(9-10-16)11-13-12(2)6-5-7-14-13/h5-7,16H,3-4,8-11H2,1-2H3. The summed E-state index contributed by atoms with van der Waals surface area (Å²) in [5.74, 6) is 0. The summed E-state index contributed by atoms with van der Waals surface area (Å²) in [5, 5.41) is 9.02. The maximum absolute atomic E-state index is 9.02. The molecule has 0 aliphatic carbocycles. The van der Waals surface area contributed by atoms with E-state index in [2.05, 4.69) is 29.8 Å². The van der Waals surface area contributed by atoms with Crippen LogP contribution < -0.4 is 0 Å². The summed E-state index contributed by atoms with van der Waals surface area (Å²) in [4.78, 5) is 6.65. The summed E-state index contributed by atoms with van der Waals surface area (Å²) in [5.41, 5.74) is 2.34. The zero-order valence-electron chi connectivity index (χ0n) is 10.3. The first kappa shape index (κ1) is 13.1. The first-order chi connectivity index (χ1) is 7.77. The molecule has 1 aromatic heterocycles. The van der Waals surface area contributed by atoms with Crippen molar-refractivity contribution in [3.63, 3.8) is 0 Å². The second kappa shape index (κ2) is 7.36. The molecular weight excluding hydrogens is 200 g/mol. The maximum atomic E-state index is 9.02. The second-order valence-corrected chi connectivity index (χ2v) is 4.12. The lowest BCUT2D eigenvalue weighted by Gasteiger charge is -2.21. The monoisotopic (exact) mass is 222 g/mol. The maximum Gasteiger partial charge on any atom is 0.0573 e. The van der Waals surface area contributed by atoms with Gasteiger partial charge in [0.15, 0.2) is 0 Å². The van der Waals surface area contributed by atoms with E-state index in [-0.39, 0.29) is 6.61 Å². The molecule has 1 N–H and O–H groups in total. The Kier molecular flexibility index (Phi) is 6.04. The van der Waals surface area contributed by atoms with Crippen molar-refractivity contribution in [1.82, 2.24) is 9.88 Å². The molecular formula is C13H22N2O. The number of aryl methyl sites for hydroxylation is 1. The smallest absolute Gasteiger partial charge is 0.0573 e. The van der Waals surface area contributed by atoms with Crippen molar-refractivity contribution in [2.45, 2.75) is 33.2 Å². The average molecular weight is 222 g/mol. The number of aromatic nitrogens is 1. The molecule has 3 nitrogen and oxygen atoms in total. The van der Waals surface area contributed by atoms with Gasteiger partial charge >= 0.3 is 0 Å². The number of aliphatic hydroxyl groups is 1. The predicted octanol–water partition coefficient (Wildman–Crippen LogP) is 1.98. The summed E-state index contributed by atoms with van der Waals surface area (Å²) in [7, 11) is 0. The fourth-order valence-corrected chi connectivity index (χ4v) is 1.69. The Labute approximate surface area is 98.1 Å². The third-order valence-corrected chi connectivity index (χ3v) is 2.74. The number of hydrogen-bond donors (Lipinski definition) is 1. The van der Waals surface area contributed by atoms with E-state index in [1.165, 1.54) is 18.4 Å². The van der Waals surface area contributed by atoms with Crippen LogP contribution in [0.4, 0.5) is 0 Å². The molecule has 0 spiro atoms. The van der Waals surface area contributed by atoms with Crippen LogP contribution in [0.3, 0.4) is 0 Å². The van der Waals surface area contributed by atoms with Crippen molar-refractivity contribution < 1.29 is 5.11 Å². The lowest BCUT2D eigenvalue weighted by molar-refractivity contribution is 0.186. The summed E-state index contributed by atoms with van der Waals surface area (Å²) < 4.78 is 0. The topological polar surface area (TPSA) is 36.4 Å². The quantitative estimate of drug-likeness (QED) is 0.766. The SMILES string of the molecule is CCCCN(CCO)Cc1ncccc1C. The van der Waals surface area contributed by atoms with E-state index in [1.54, 1.807) is 0 Å². The van der Waals surface area contributed by atoms with Gasteiger partial charge in [-0.15, -0.1) is 0 Å². The highest BCUT2D eigenvalue weighted by Gasteiger charge is 2.07. The highest BCUT2D eigenvalue weighted by molar-refractivity contribution is 5.17. The Balaban J connectivity index is 2.56. The summed E-state index contributed by atoms with van der Waals surface area (Å²) >= 11 is 0. The largest absolute Gasteiger partial charge is 0.395 e. The second-order valence-electron chi connectivity index (χ2n) is 4.12. The van der Waals surface area contributed by atoms with E-state index in [1.807, 2.05) is 12.3 Å². The molecule has 0 atom stereocenters. The normalized spacial score (nSPS) is 11.0. The molecule has 0 fully saturated rings. The molecule has 1 aromatic rings. The summed E-state index contributed by atoms with van der Waals surface area (Å²) in [6, 6.07) is 4.04. The molecule has 0 unspecified atom stereocenters. The number of unbranched alkanes of at least 4 members (excludes halogenated alkanes) is 1. The lowest BCUT2D eigenvalue weighted by atomic mass is 10.2. The minimum Gasteiger partial charge on any atom is -0.395 e. The van der Waals surface area contributed by atoms with Crippen LogP contribution in [0.15, 0.2) is 18.3 Å². The van der Waals surface area contributed by atoms with Gasteiger partial charge in [-0.3, -0.25) is 9.88 Å². The van der Waals surface area contributed by atoms with Gasteiger partial charge in [0.1, 0.15) is 0 Å². The number of nitrogens with zero attached hydrogens (tertiary/aromatic N) is 2. The van der Waals surface area contributed by atoms with Gasteiger partial charge in [0, 0.05) is 19.3 Å². The number of aliphatic hydroxyl groups excluding tert-OH is 1. The zero-order valence-corrected chi connectivity index (χ0v) is 10.3. The van der Waals surface area contributed by atoms with E-state index in [0.717, 1.165) is 25.3 Å². The first-order valence-corrected chi connectivity index (χ1v) is 6.01. The molecule has 90 valence electrons. The van der Waals surface area contributed by atoms with Crippen LogP contribution in [0.25, 0.3) is 0 Å². The van der Waals surface area contributed by atoms with E-state index < -0.39 is 0 Å². The molecule has 0 bridgehead atoms. The molecule has 0 aliphatic rings. The third-order valence-electron chi connectivity index (χ3n) is 2.74. The van der Waals surface area contributed by atoms with Crippen molar-refractivity contribution in [2.24, 2.45) is 0 Å². The van der Waals surface area contributed by atoms with E-state index in [9.17, 15) is 0 Å². The van der Waals surface area contributed by atoms with Crippen molar-refractivity contribution in [1.29, 1.82) is 0 Å². The Morgan fingerprint density at radius 3 is 2.81 bits per heavy atom. The van der Waals surface area contributed by atoms with E-state index in [4.69, 9.17) is 5.11 Å². The van der Waals surface area contributed by atoms with Crippen LogP contribution in [0, 0.1) is 6.92 Å². The average Bonchev–Trinajstić information content (AvgIpc) is 2.29. The Morgan fingerprint density at radius 1 is 1.38 bits per heavy atom. The number of rotatable bonds is 7. The van der Waals surface area contributed by atoms with Gasteiger partial charge in [-0.1, -0.05) is 19.4 Å². The molecule has 1 rings (SSSR count). The Bertz CT molecular complexity index is 302. The summed E-state index contributed by atoms with van der Waals surface area (Å²) in [6.45, 7) is 7.09. The highest BCUT2D eigenvalue weighted by atomic mass is 16.3. The van der Waals surface area contributed by atoms with Gasteiger partial charge in [0.25, 0.3) is 0 Å². The van der Waals surface area contributed by atoms with Crippen molar-refractivity contribution in [3.05, 3.63) is 29.6 Å². The van der Waals surface area contributed by atoms with Gasteiger partial charge in [0.05, 0.1) is 12.3 Å². The van der Waals surface area contributed by atoms with Crippen LogP contribution in [-0.2, 0) is 6.54 Å². The fraction of sp³-hybridized carbons (Fsp3) is 0.615. The van der Waals surface area contributed by atoms with Crippen molar-refractivity contribution >= 4 is 0 Å². The van der Waals surface area contributed by atoms with Crippen LogP contribution in [-0.4, -0.2) is 34.7 Å². The van der Waals surface area contributed by atoms with Gasteiger partial charge in [-0.05, 0) is 31.5 Å². The first-order valence-electron chi connectivity index (χ1n) is 6.01. The third kappa shape index (κ3) is 4.29. The van der Waals surface area contributed by atoms with Gasteiger partial charge < -0.3 is 5.11 Å². The molecule has 0 aromatic carbocycles. The van der Waals surface area contributed by atoms with Crippen LogP contribution in [0.2, 0.25) is 0 Å². The number of pyridine rings is 1. The number of hydrogen-bond acceptors (Lipinski definition) is 3. The molecule has 0 aliphatic heterocycles. The lowest BCUT2D eigenvalue weighted by Crippen LogP contribution is -2.28. The van der Waals surface area contributed by atoms with Gasteiger partial charge in [-0.25, -0.2) is 0 Å². The van der Waals surface area contributed by atoms with Crippen LogP contribution in [0.1, 0.15) is 31.0 Å². The minimum atomic E-state index is 0.218. The molecule has 1 heterocycles. The molecule has 0 saturated heterocycles. The predicted molar refractivity (Wildman–Crippen MR) is 66.2 cm³/mol. The summed E-state index contributed by atoms with van der Waals surface area (Å²) in [6.07, 6.45) is 4.19. The van der Waals surface area contributed by atoms with Crippen molar-refractivity contribution in [3.8, 4) is 0 Å². The van der Waals surface area contributed by atoms with Gasteiger partial charge in [-0.2, -0.15) is 0 Å². The Hall–Kier alpha value is -0.930. The van der Waals surface area contributed by atoms with E-state index >= 15 is 0 Å². The molecule has 0 radical (unpaired) electrons. The van der Waals surface area contributed by atoms with E-state index in [0.29, 0.717) is 0 Å². The Morgan fingerprint density at radius 2 is 2.19 bits per heavy atom. The van der Waals surface area contributed by atoms with Crippen LogP contribution in [0.5, 0.6) is 0 Å². The fourth-order valence-electron chi connectivity index (χ4n) is 1.69.